The molecule has 0 radical (unpaired) electrons. The van der Waals surface area contributed by atoms with E-state index in [0.29, 0.717) is 29.5 Å². The lowest BCUT2D eigenvalue weighted by atomic mass is 9.79. The molecule has 1 aliphatic rings. The molecule has 4 aromatic rings. The fourth-order valence-corrected chi connectivity index (χ4v) is 9.85. The number of carboxylic acids is 1. The molecule has 17 nitrogen and oxygen atoms in total. The monoisotopic (exact) mass is 1070 g/mol. The minimum absolute atomic E-state index is 0.00519. The summed E-state index contributed by atoms with van der Waals surface area (Å²) in [7, 11) is -4.32. The van der Waals surface area contributed by atoms with Crippen molar-refractivity contribution in [3.63, 3.8) is 0 Å². The van der Waals surface area contributed by atoms with Crippen LogP contribution in [0.5, 0.6) is 0 Å². The summed E-state index contributed by atoms with van der Waals surface area (Å²) in [5, 5.41) is 25.5. The van der Waals surface area contributed by atoms with Crippen molar-refractivity contribution >= 4 is 62.3 Å². The second-order valence-corrected chi connectivity index (χ2v) is 24.6. The summed E-state index contributed by atoms with van der Waals surface area (Å²) in [6.07, 6.45) is 1.13. The lowest BCUT2D eigenvalue weighted by molar-refractivity contribution is -0.142. The molecule has 4 aromatic carbocycles. The van der Waals surface area contributed by atoms with Crippen LogP contribution in [0.3, 0.4) is 0 Å². The van der Waals surface area contributed by atoms with Gasteiger partial charge in [0, 0.05) is 36.9 Å². The van der Waals surface area contributed by atoms with Crippen molar-refractivity contribution in [3.05, 3.63) is 118 Å². The number of amides is 6. The van der Waals surface area contributed by atoms with Crippen LogP contribution in [0.1, 0.15) is 152 Å². The fraction of sp³-hybridized carbons (Fsp3) is 0.500. The van der Waals surface area contributed by atoms with Crippen molar-refractivity contribution in [1.82, 2.24) is 31.5 Å². The maximum absolute atomic E-state index is 14.8. The van der Waals surface area contributed by atoms with Gasteiger partial charge in [0.1, 0.15) is 36.0 Å². The van der Waals surface area contributed by atoms with E-state index in [0.717, 1.165) is 27.5 Å². The van der Waals surface area contributed by atoms with Crippen LogP contribution in [0.4, 0.5) is 0 Å². The summed E-state index contributed by atoms with van der Waals surface area (Å²) in [4.78, 5) is 99.3. The van der Waals surface area contributed by atoms with Crippen molar-refractivity contribution < 1.29 is 51.6 Å². The molecule has 0 aromatic heterocycles. The minimum Gasteiger partial charge on any atom is -0.481 e. The van der Waals surface area contributed by atoms with E-state index in [2.05, 4.69) is 32.7 Å². The number of hydrogen-bond acceptors (Lipinski definition) is 9. The molecule has 412 valence electrons. The molecular formula is C58H78N6O11S. The largest absolute Gasteiger partial charge is 0.481 e. The topological polar surface area (TPSA) is 257 Å². The zero-order valence-electron chi connectivity index (χ0n) is 45.7. The van der Waals surface area contributed by atoms with Gasteiger partial charge in [0.05, 0.1) is 0 Å². The lowest BCUT2D eigenvalue weighted by Gasteiger charge is -2.31. The van der Waals surface area contributed by atoms with Crippen LogP contribution >= 0.6 is 0 Å². The molecule has 1 heterocycles. The highest BCUT2D eigenvalue weighted by atomic mass is 32.2. The third-order valence-electron chi connectivity index (χ3n) is 13.3. The number of carbonyl (C=O) groups is 7. The highest BCUT2D eigenvalue weighted by Crippen LogP contribution is 2.31. The molecule has 0 saturated carbocycles. The Hall–Kier alpha value is -6.66. The zero-order chi connectivity index (χ0) is 56.3. The van der Waals surface area contributed by atoms with Gasteiger partial charge in [0.2, 0.25) is 29.5 Å². The number of hydrogen-bond donors (Lipinski definition) is 7. The van der Waals surface area contributed by atoms with Gasteiger partial charge in [0.25, 0.3) is 16.0 Å². The van der Waals surface area contributed by atoms with Gasteiger partial charge in [-0.05, 0) is 114 Å². The quantitative estimate of drug-likeness (QED) is 0.0402. The summed E-state index contributed by atoms with van der Waals surface area (Å²) in [5.74, 6) is -5.23. The second kappa shape index (κ2) is 25.5. The fourth-order valence-electron chi connectivity index (χ4n) is 9.24. The predicted molar refractivity (Wildman–Crippen MR) is 293 cm³/mol. The summed E-state index contributed by atoms with van der Waals surface area (Å²) >= 11 is 0. The van der Waals surface area contributed by atoms with Crippen LogP contribution in [0, 0.1) is 0 Å². The van der Waals surface area contributed by atoms with Gasteiger partial charge >= 0.3 is 5.97 Å². The van der Waals surface area contributed by atoms with E-state index in [9.17, 15) is 51.6 Å². The SMILES string of the molecule is CCC[C@H](NC(=O)[C@H](Cc1ccc(CS(=O)(=O)O)cc1)NC(=O)c1cc(C(C)(C)C)cc(C(C)(C)C)c1)C(=O)N1CCC[C@H]1C(=O)N[C@@H](Cc1cccc2ccccc12)C(=O)N[C@@H](CCCC(=O)O)C(=O)NC(C)(C)C. The molecule has 0 unspecified atom stereocenters. The molecule has 0 bridgehead atoms. The first-order valence-electron chi connectivity index (χ1n) is 26.1. The molecule has 0 spiro atoms. The van der Waals surface area contributed by atoms with Gasteiger partial charge in [-0.1, -0.05) is 128 Å². The van der Waals surface area contributed by atoms with E-state index in [1.165, 1.54) is 17.0 Å². The summed E-state index contributed by atoms with van der Waals surface area (Å²) < 4.78 is 32.7. The van der Waals surface area contributed by atoms with Crippen LogP contribution in [-0.4, -0.2) is 107 Å². The molecule has 76 heavy (non-hydrogen) atoms. The summed E-state index contributed by atoms with van der Waals surface area (Å²) in [6.45, 7) is 19.6. The van der Waals surface area contributed by atoms with Crippen LogP contribution in [-0.2, 0) is 68.3 Å². The molecular weight excluding hydrogens is 989 g/mol. The predicted octanol–water partition coefficient (Wildman–Crippen LogP) is 6.82. The van der Waals surface area contributed by atoms with Gasteiger partial charge in [-0.2, -0.15) is 8.42 Å². The normalized spacial score (nSPS) is 15.7. The van der Waals surface area contributed by atoms with Crippen LogP contribution in [0.15, 0.2) is 84.9 Å². The van der Waals surface area contributed by atoms with Crippen LogP contribution in [0.25, 0.3) is 10.8 Å². The van der Waals surface area contributed by atoms with Crippen molar-refractivity contribution in [1.29, 1.82) is 0 Å². The summed E-state index contributed by atoms with van der Waals surface area (Å²) in [6, 6.07) is 19.2. The first-order chi connectivity index (χ1) is 35.4. The Kier molecular flexibility index (Phi) is 20.2. The van der Waals surface area contributed by atoms with Crippen LogP contribution < -0.4 is 26.6 Å². The maximum Gasteiger partial charge on any atom is 0.303 e. The van der Waals surface area contributed by atoms with Crippen molar-refractivity contribution in [2.45, 2.75) is 179 Å². The average molecular weight is 1070 g/mol. The number of rotatable bonds is 22. The minimum atomic E-state index is -4.32. The number of carboxylic acid groups (broad SMARTS) is 1. The van der Waals surface area contributed by atoms with E-state index in [1.807, 2.05) is 90.9 Å². The first kappa shape index (κ1) is 60.2. The highest BCUT2D eigenvalue weighted by molar-refractivity contribution is 7.85. The number of carbonyl (C=O) groups excluding carboxylic acids is 6. The number of aliphatic carboxylic acids is 1. The van der Waals surface area contributed by atoms with E-state index in [-0.39, 0.29) is 62.3 Å². The van der Waals surface area contributed by atoms with Crippen molar-refractivity contribution in [3.8, 4) is 0 Å². The molecule has 5 rings (SSSR count). The molecule has 1 aliphatic heterocycles. The number of benzene rings is 4. The average Bonchev–Trinajstić information content (AvgIpc) is 3.82. The Bertz CT molecular complexity index is 2830. The van der Waals surface area contributed by atoms with Gasteiger partial charge in [0.15, 0.2) is 0 Å². The first-order valence-corrected chi connectivity index (χ1v) is 27.7. The van der Waals surface area contributed by atoms with Gasteiger partial charge in [-0.25, -0.2) is 0 Å². The third kappa shape index (κ3) is 17.7. The number of nitrogens with one attached hydrogen (secondary N) is 5. The zero-order valence-corrected chi connectivity index (χ0v) is 46.5. The Morgan fingerprint density at radius 3 is 1.83 bits per heavy atom. The lowest BCUT2D eigenvalue weighted by Crippen LogP contribution is -2.59. The van der Waals surface area contributed by atoms with Gasteiger partial charge < -0.3 is 36.6 Å². The standard InChI is InChI=1S/C58H78N6O11S/c1-11-17-45(60-51(68)46(30-36-25-27-37(28-26-36)35-76(73,74)75)61-50(67)40-31-41(56(2,3)4)34-42(32-40)57(5,6)7)55(72)64-29-16-23-48(64)54(71)62-47(33-39-20-14-19-38-18-12-13-21-43(38)39)52(69)59-44(22-15-24-49(65)66)53(70)63-58(8,9)10/h12-14,18-21,25-28,31-32,34,44-48H,11,15-17,22-24,29-30,33,35H2,1-10H3,(H,59,69)(H,60,68)(H,61,67)(H,62,71)(H,63,70)(H,65,66)(H,73,74,75)/t44-,45-,46-,47-,48-/m0/s1. The maximum atomic E-state index is 14.8. The van der Waals surface area contributed by atoms with E-state index in [4.69, 9.17) is 0 Å². The number of likely N-dealkylation sites (tertiary alicyclic amines) is 1. The highest BCUT2D eigenvalue weighted by Gasteiger charge is 2.40. The van der Waals surface area contributed by atoms with Crippen molar-refractivity contribution in [2.75, 3.05) is 6.54 Å². The molecule has 5 atom stereocenters. The molecule has 18 heteroatoms. The van der Waals surface area contributed by atoms with Gasteiger partial charge in [-0.3, -0.25) is 38.1 Å². The van der Waals surface area contributed by atoms with Crippen LogP contribution in [0.2, 0.25) is 0 Å². The van der Waals surface area contributed by atoms with Gasteiger partial charge in [-0.15, -0.1) is 0 Å². The Morgan fingerprint density at radius 1 is 0.671 bits per heavy atom. The molecule has 6 amide bonds. The smallest absolute Gasteiger partial charge is 0.303 e. The van der Waals surface area contributed by atoms with E-state index >= 15 is 0 Å². The van der Waals surface area contributed by atoms with E-state index < -0.39 is 93.0 Å². The third-order valence-corrected chi connectivity index (χ3v) is 14.0. The molecule has 7 N–H and O–H groups in total. The Morgan fingerprint density at radius 2 is 1.25 bits per heavy atom. The summed E-state index contributed by atoms with van der Waals surface area (Å²) in [5.41, 5.74) is 2.44. The second-order valence-electron chi connectivity index (χ2n) is 23.1. The van der Waals surface area contributed by atoms with Crippen molar-refractivity contribution in [2.24, 2.45) is 0 Å². The van der Waals surface area contributed by atoms with E-state index in [1.54, 1.807) is 45.0 Å². The number of nitrogens with zero attached hydrogens (tertiary/aromatic N) is 1. The Balaban J connectivity index is 1.44. The molecule has 0 aliphatic carbocycles. The Labute approximate surface area is 447 Å². The number of fused-ring (bicyclic) bond motifs is 1. The molecule has 1 fully saturated rings. The molecule has 1 saturated heterocycles.